The minimum Gasteiger partial charge on any atom is -0.480 e. The van der Waals surface area contributed by atoms with Gasteiger partial charge in [0.15, 0.2) is 0 Å². The van der Waals surface area contributed by atoms with Gasteiger partial charge >= 0.3 is 5.97 Å². The van der Waals surface area contributed by atoms with Crippen LogP contribution in [0.4, 0.5) is 0 Å². The third-order valence-electron chi connectivity index (χ3n) is 1.88. The molecule has 1 rings (SSSR count). The number of carbonyl (C=O) groups excluding carboxylic acids is 2. The molecular weight excluding hydrogens is 198 g/mol. The van der Waals surface area contributed by atoms with Gasteiger partial charge in [-0.25, -0.2) is 4.79 Å². The van der Waals surface area contributed by atoms with Gasteiger partial charge in [-0.1, -0.05) is 0 Å². The number of nitrogens with zero attached hydrogens (tertiary/aromatic N) is 1. The maximum Gasteiger partial charge on any atom is 0.326 e. The molecule has 0 aromatic heterocycles. The second-order valence-corrected chi connectivity index (χ2v) is 2.95. The number of alkyl halides is 1. The number of aliphatic carboxylic acids is 1. The van der Waals surface area contributed by atoms with E-state index in [1.807, 2.05) is 0 Å². The number of hydrogen-bond donors (Lipinski definition) is 1. The molecule has 0 saturated carbocycles. The highest BCUT2D eigenvalue weighted by Gasteiger charge is 2.39. The van der Waals surface area contributed by atoms with Gasteiger partial charge in [0.2, 0.25) is 11.8 Å². The number of imide groups is 1. The van der Waals surface area contributed by atoms with E-state index in [1.54, 1.807) is 0 Å². The minimum absolute atomic E-state index is 0.0968. The zero-order valence-electron chi connectivity index (χ0n) is 6.70. The Balaban J connectivity index is 2.83. The van der Waals surface area contributed by atoms with E-state index in [-0.39, 0.29) is 18.7 Å². The van der Waals surface area contributed by atoms with Crippen molar-refractivity contribution in [1.82, 2.24) is 4.90 Å². The van der Waals surface area contributed by atoms with E-state index in [4.69, 9.17) is 16.7 Å². The van der Waals surface area contributed by atoms with E-state index in [1.165, 1.54) is 0 Å². The van der Waals surface area contributed by atoms with Gasteiger partial charge in [0.05, 0.1) is 0 Å². The van der Waals surface area contributed by atoms with Crippen molar-refractivity contribution in [3.05, 3.63) is 0 Å². The fourth-order valence-corrected chi connectivity index (χ4v) is 1.42. The molecule has 1 aliphatic rings. The normalized spacial score (nSPS) is 22.1. The molecule has 1 atom stereocenters. The number of halogens is 1. The summed E-state index contributed by atoms with van der Waals surface area (Å²) in [6.45, 7) is 0. The lowest BCUT2D eigenvalue weighted by Crippen LogP contribution is -2.43. The van der Waals surface area contributed by atoms with Crippen LogP contribution in [0, 0.1) is 0 Å². The maximum atomic E-state index is 11.1. The molecule has 1 aliphatic heterocycles. The highest BCUT2D eigenvalue weighted by Crippen LogP contribution is 2.19. The number of carbonyl (C=O) groups is 3. The summed E-state index contributed by atoms with van der Waals surface area (Å²) in [7, 11) is 0. The SMILES string of the molecule is O=C(O)C1CCC(=O)N1C(=O)CCl. The van der Waals surface area contributed by atoms with Crippen molar-refractivity contribution in [3.8, 4) is 0 Å². The van der Waals surface area contributed by atoms with Crippen molar-refractivity contribution in [2.45, 2.75) is 18.9 Å². The summed E-state index contributed by atoms with van der Waals surface area (Å²) < 4.78 is 0. The zero-order valence-corrected chi connectivity index (χ0v) is 7.45. The first-order valence-electron chi connectivity index (χ1n) is 3.71. The summed E-state index contributed by atoms with van der Waals surface area (Å²) in [6, 6.07) is -1.03. The first-order valence-corrected chi connectivity index (χ1v) is 4.25. The summed E-state index contributed by atoms with van der Waals surface area (Å²) in [5.74, 6) is -2.63. The van der Waals surface area contributed by atoms with Crippen LogP contribution in [0.1, 0.15) is 12.8 Å². The third kappa shape index (κ3) is 1.80. The van der Waals surface area contributed by atoms with Crippen LogP contribution >= 0.6 is 11.6 Å². The Hall–Kier alpha value is -1.10. The zero-order chi connectivity index (χ0) is 10.0. The molecule has 0 aliphatic carbocycles. The van der Waals surface area contributed by atoms with Crippen molar-refractivity contribution in [3.63, 3.8) is 0 Å². The predicted molar refractivity (Wildman–Crippen MR) is 43.2 cm³/mol. The molecular formula is C7H8ClNO4. The Labute approximate surface area is 79.3 Å². The van der Waals surface area contributed by atoms with E-state index in [0.717, 1.165) is 4.90 Å². The van der Waals surface area contributed by atoms with Gasteiger partial charge in [-0.05, 0) is 6.42 Å². The van der Waals surface area contributed by atoms with Gasteiger partial charge in [-0.2, -0.15) is 0 Å². The van der Waals surface area contributed by atoms with Gasteiger partial charge < -0.3 is 5.11 Å². The average molecular weight is 206 g/mol. The number of likely N-dealkylation sites (tertiary alicyclic amines) is 1. The highest BCUT2D eigenvalue weighted by molar-refractivity contribution is 6.28. The van der Waals surface area contributed by atoms with Crippen LogP contribution in [-0.2, 0) is 14.4 Å². The Kier molecular flexibility index (Phi) is 2.87. The van der Waals surface area contributed by atoms with Crippen molar-refractivity contribution < 1.29 is 19.5 Å². The van der Waals surface area contributed by atoms with Crippen molar-refractivity contribution in [1.29, 1.82) is 0 Å². The van der Waals surface area contributed by atoms with Gasteiger partial charge in [0.25, 0.3) is 0 Å². The quantitative estimate of drug-likeness (QED) is 0.635. The molecule has 0 aromatic rings. The number of carboxylic acid groups (broad SMARTS) is 1. The molecule has 1 heterocycles. The lowest BCUT2D eigenvalue weighted by molar-refractivity contribution is -0.152. The second-order valence-electron chi connectivity index (χ2n) is 2.68. The molecule has 72 valence electrons. The first kappa shape index (κ1) is 9.98. The summed E-state index contributed by atoms with van der Waals surface area (Å²) in [6.07, 6.45) is 0.274. The lowest BCUT2D eigenvalue weighted by atomic mass is 10.2. The molecule has 1 fully saturated rings. The Morgan fingerprint density at radius 3 is 2.69 bits per heavy atom. The van der Waals surface area contributed by atoms with Gasteiger partial charge in [0, 0.05) is 6.42 Å². The fraction of sp³-hybridized carbons (Fsp3) is 0.571. The molecule has 0 spiro atoms. The third-order valence-corrected chi connectivity index (χ3v) is 2.11. The van der Waals surface area contributed by atoms with E-state index < -0.39 is 23.8 Å². The van der Waals surface area contributed by atoms with Gasteiger partial charge in [-0.3, -0.25) is 14.5 Å². The second kappa shape index (κ2) is 3.74. The molecule has 1 saturated heterocycles. The molecule has 0 radical (unpaired) electrons. The van der Waals surface area contributed by atoms with Crippen molar-refractivity contribution in [2.75, 3.05) is 5.88 Å². The largest absolute Gasteiger partial charge is 0.480 e. The smallest absolute Gasteiger partial charge is 0.326 e. The summed E-state index contributed by atoms with van der Waals surface area (Å²) in [4.78, 5) is 33.4. The number of rotatable bonds is 2. The van der Waals surface area contributed by atoms with E-state index in [2.05, 4.69) is 0 Å². The van der Waals surface area contributed by atoms with Crippen LogP contribution < -0.4 is 0 Å². The lowest BCUT2D eigenvalue weighted by Gasteiger charge is -2.17. The van der Waals surface area contributed by atoms with E-state index in [0.29, 0.717) is 0 Å². The van der Waals surface area contributed by atoms with Crippen LogP contribution in [0.25, 0.3) is 0 Å². The van der Waals surface area contributed by atoms with Crippen LogP contribution in [-0.4, -0.2) is 39.7 Å². The standard InChI is InChI=1S/C7H8ClNO4/c8-3-6(11)9-4(7(12)13)1-2-5(9)10/h4H,1-3H2,(H,12,13). The fourth-order valence-electron chi connectivity index (χ4n) is 1.29. The highest BCUT2D eigenvalue weighted by atomic mass is 35.5. The Morgan fingerprint density at radius 1 is 1.62 bits per heavy atom. The van der Waals surface area contributed by atoms with Crippen LogP contribution in [0.15, 0.2) is 0 Å². The maximum absolute atomic E-state index is 11.1. The molecule has 13 heavy (non-hydrogen) atoms. The Morgan fingerprint density at radius 2 is 2.23 bits per heavy atom. The number of carboxylic acids is 1. The molecule has 1 unspecified atom stereocenters. The average Bonchev–Trinajstić information content (AvgIpc) is 2.46. The van der Waals surface area contributed by atoms with Crippen LogP contribution in [0.2, 0.25) is 0 Å². The van der Waals surface area contributed by atoms with E-state index >= 15 is 0 Å². The minimum atomic E-state index is -1.16. The monoisotopic (exact) mass is 205 g/mol. The molecule has 5 nitrogen and oxygen atoms in total. The Bertz CT molecular complexity index is 265. The topological polar surface area (TPSA) is 74.7 Å². The predicted octanol–water partition coefficient (Wildman–Crippen LogP) is -0.173. The van der Waals surface area contributed by atoms with Crippen LogP contribution in [0.3, 0.4) is 0 Å². The molecule has 2 amide bonds. The number of hydrogen-bond acceptors (Lipinski definition) is 3. The van der Waals surface area contributed by atoms with Crippen LogP contribution in [0.5, 0.6) is 0 Å². The van der Waals surface area contributed by atoms with E-state index in [9.17, 15) is 14.4 Å². The first-order chi connectivity index (χ1) is 6.07. The van der Waals surface area contributed by atoms with Crippen molar-refractivity contribution in [2.24, 2.45) is 0 Å². The summed E-state index contributed by atoms with van der Waals surface area (Å²) >= 11 is 5.23. The van der Waals surface area contributed by atoms with Gasteiger partial charge in [0.1, 0.15) is 11.9 Å². The van der Waals surface area contributed by atoms with Crippen molar-refractivity contribution >= 4 is 29.4 Å². The summed E-state index contributed by atoms with van der Waals surface area (Å²) in [5.41, 5.74) is 0. The molecule has 1 N–H and O–H groups in total. The molecule has 0 bridgehead atoms. The number of amides is 2. The molecule has 0 aromatic carbocycles. The van der Waals surface area contributed by atoms with Gasteiger partial charge in [-0.15, -0.1) is 11.6 Å². The molecule has 6 heteroatoms. The summed E-state index contributed by atoms with van der Waals surface area (Å²) in [5, 5.41) is 8.66.